The lowest BCUT2D eigenvalue weighted by atomic mass is 9.75. The molecule has 0 aliphatic heterocycles. The minimum atomic E-state index is 0.344. The summed E-state index contributed by atoms with van der Waals surface area (Å²) in [4.78, 5) is 0. The van der Waals surface area contributed by atoms with Gasteiger partial charge < -0.3 is 5.32 Å². The van der Waals surface area contributed by atoms with Crippen molar-refractivity contribution in [3.63, 3.8) is 0 Å². The molecule has 3 rings (SSSR count). The number of hydrogen-bond acceptors (Lipinski definition) is 1. The van der Waals surface area contributed by atoms with Gasteiger partial charge in [-0.3, -0.25) is 0 Å². The molecule has 0 saturated heterocycles. The summed E-state index contributed by atoms with van der Waals surface area (Å²) in [6.07, 6.45) is 6.60. The number of hydrogen-bond donors (Lipinski definition) is 1. The van der Waals surface area contributed by atoms with Crippen molar-refractivity contribution < 1.29 is 0 Å². The van der Waals surface area contributed by atoms with Gasteiger partial charge in [-0.15, -0.1) is 0 Å². The minimum absolute atomic E-state index is 0.344. The summed E-state index contributed by atoms with van der Waals surface area (Å²) < 4.78 is 0. The molecule has 110 valence electrons. The summed E-state index contributed by atoms with van der Waals surface area (Å²) in [6.45, 7) is 9.66. The number of benzene rings is 1. The van der Waals surface area contributed by atoms with Gasteiger partial charge in [0.2, 0.25) is 0 Å². The first kappa shape index (κ1) is 14.1. The minimum Gasteiger partial charge on any atom is -0.307 e. The van der Waals surface area contributed by atoms with Crippen LogP contribution >= 0.6 is 0 Å². The molecule has 0 amide bonds. The maximum absolute atomic E-state index is 4.00. The molecular weight excluding hydrogens is 242 g/mol. The lowest BCUT2D eigenvalue weighted by Gasteiger charge is -2.39. The van der Waals surface area contributed by atoms with Crippen LogP contribution in [0.4, 0.5) is 0 Å². The fourth-order valence-electron chi connectivity index (χ4n) is 4.11. The van der Waals surface area contributed by atoms with E-state index in [2.05, 4.69) is 57.3 Å². The van der Waals surface area contributed by atoms with Gasteiger partial charge in [0.15, 0.2) is 0 Å². The third-order valence-corrected chi connectivity index (χ3v) is 5.54. The standard InChI is InChI=1S/C19H29N/c1-18(2)11-9-15(10-12-18)20-17-16-8-6-5-7-14(16)13-19(17,3)4/h5-8,15,17,20H,9-13H2,1-4H3. The molecule has 1 atom stereocenters. The summed E-state index contributed by atoms with van der Waals surface area (Å²) in [7, 11) is 0. The van der Waals surface area contributed by atoms with Gasteiger partial charge in [0.1, 0.15) is 0 Å². The fourth-order valence-corrected chi connectivity index (χ4v) is 4.11. The van der Waals surface area contributed by atoms with Crippen molar-refractivity contribution in [3.05, 3.63) is 35.4 Å². The Morgan fingerprint density at radius 2 is 1.65 bits per heavy atom. The SMILES string of the molecule is CC1(C)CCC(NC2c3ccccc3CC2(C)C)CC1. The van der Waals surface area contributed by atoms with Crippen molar-refractivity contribution in [1.29, 1.82) is 0 Å². The first-order valence-corrected chi connectivity index (χ1v) is 8.21. The van der Waals surface area contributed by atoms with Gasteiger partial charge in [-0.1, -0.05) is 52.0 Å². The van der Waals surface area contributed by atoms with Crippen LogP contribution in [-0.4, -0.2) is 6.04 Å². The first-order valence-electron chi connectivity index (χ1n) is 8.21. The molecule has 0 heterocycles. The maximum atomic E-state index is 4.00. The summed E-state index contributed by atoms with van der Waals surface area (Å²) in [5, 5.41) is 4.00. The van der Waals surface area contributed by atoms with Gasteiger partial charge in [-0.2, -0.15) is 0 Å². The van der Waals surface area contributed by atoms with E-state index in [0.29, 0.717) is 22.9 Å². The summed E-state index contributed by atoms with van der Waals surface area (Å²) in [5.74, 6) is 0. The molecule has 20 heavy (non-hydrogen) atoms. The highest BCUT2D eigenvalue weighted by Crippen LogP contribution is 2.46. The van der Waals surface area contributed by atoms with Gasteiger partial charge >= 0.3 is 0 Å². The third kappa shape index (κ3) is 2.65. The Hall–Kier alpha value is -0.820. The predicted molar refractivity (Wildman–Crippen MR) is 85.8 cm³/mol. The van der Waals surface area contributed by atoms with E-state index in [-0.39, 0.29) is 0 Å². The molecule has 1 unspecified atom stereocenters. The van der Waals surface area contributed by atoms with E-state index in [9.17, 15) is 0 Å². The zero-order valence-electron chi connectivity index (χ0n) is 13.5. The Labute approximate surface area is 124 Å². The molecule has 0 aromatic heterocycles. The van der Waals surface area contributed by atoms with E-state index in [1.165, 1.54) is 32.1 Å². The second-order valence-electron chi connectivity index (χ2n) is 8.40. The van der Waals surface area contributed by atoms with Crippen LogP contribution in [0.5, 0.6) is 0 Å². The number of nitrogens with one attached hydrogen (secondary N) is 1. The highest BCUT2D eigenvalue weighted by molar-refractivity contribution is 5.37. The normalized spacial score (nSPS) is 28.3. The van der Waals surface area contributed by atoms with E-state index in [1.54, 1.807) is 11.1 Å². The zero-order chi connectivity index (χ0) is 14.4. The molecule has 0 bridgehead atoms. The Morgan fingerprint density at radius 3 is 2.35 bits per heavy atom. The lowest BCUT2D eigenvalue weighted by molar-refractivity contribution is 0.170. The van der Waals surface area contributed by atoms with Crippen LogP contribution in [-0.2, 0) is 6.42 Å². The van der Waals surface area contributed by atoms with Crippen molar-refractivity contribution in [2.24, 2.45) is 10.8 Å². The summed E-state index contributed by atoms with van der Waals surface area (Å²) in [6, 6.07) is 10.2. The Kier molecular flexibility index (Phi) is 3.44. The highest BCUT2D eigenvalue weighted by Gasteiger charge is 2.40. The van der Waals surface area contributed by atoms with Gasteiger partial charge in [0.05, 0.1) is 0 Å². The number of rotatable bonds is 2. The van der Waals surface area contributed by atoms with Crippen molar-refractivity contribution >= 4 is 0 Å². The molecular formula is C19H29N. The van der Waals surface area contributed by atoms with Crippen LogP contribution in [0.3, 0.4) is 0 Å². The van der Waals surface area contributed by atoms with Crippen molar-refractivity contribution in [3.8, 4) is 0 Å². The fraction of sp³-hybridized carbons (Fsp3) is 0.684. The maximum Gasteiger partial charge on any atom is 0.0379 e. The van der Waals surface area contributed by atoms with E-state index in [0.717, 1.165) is 0 Å². The second kappa shape index (κ2) is 4.87. The average molecular weight is 271 g/mol. The Morgan fingerprint density at radius 1 is 1.00 bits per heavy atom. The quantitative estimate of drug-likeness (QED) is 0.809. The Balaban J connectivity index is 1.74. The molecule has 1 fully saturated rings. The van der Waals surface area contributed by atoms with Crippen LogP contribution < -0.4 is 5.32 Å². The average Bonchev–Trinajstić information content (AvgIpc) is 2.63. The molecule has 1 nitrogen and oxygen atoms in total. The van der Waals surface area contributed by atoms with Crippen molar-refractivity contribution in [2.75, 3.05) is 0 Å². The lowest BCUT2D eigenvalue weighted by Crippen LogP contribution is -2.41. The van der Waals surface area contributed by atoms with Gasteiger partial charge in [-0.05, 0) is 54.1 Å². The number of fused-ring (bicyclic) bond motifs is 1. The molecule has 1 N–H and O–H groups in total. The first-order chi connectivity index (χ1) is 9.37. The van der Waals surface area contributed by atoms with E-state index < -0.39 is 0 Å². The molecule has 1 heteroatoms. The van der Waals surface area contributed by atoms with E-state index in [1.807, 2.05) is 0 Å². The molecule has 2 aliphatic rings. The smallest absolute Gasteiger partial charge is 0.0379 e. The second-order valence-corrected chi connectivity index (χ2v) is 8.40. The topological polar surface area (TPSA) is 12.0 Å². The summed E-state index contributed by atoms with van der Waals surface area (Å²) >= 11 is 0. The molecule has 1 aromatic carbocycles. The molecule has 1 aromatic rings. The van der Waals surface area contributed by atoms with Crippen molar-refractivity contribution in [2.45, 2.75) is 71.9 Å². The van der Waals surface area contributed by atoms with Crippen molar-refractivity contribution in [1.82, 2.24) is 5.32 Å². The Bertz CT molecular complexity index is 476. The molecule has 0 spiro atoms. The van der Waals surface area contributed by atoms with Crippen LogP contribution in [0.2, 0.25) is 0 Å². The summed E-state index contributed by atoms with van der Waals surface area (Å²) in [5.41, 5.74) is 3.99. The molecule has 2 aliphatic carbocycles. The van der Waals surface area contributed by atoms with E-state index >= 15 is 0 Å². The molecule has 1 saturated carbocycles. The van der Waals surface area contributed by atoms with Crippen LogP contribution in [0.1, 0.15) is 70.5 Å². The monoisotopic (exact) mass is 271 g/mol. The van der Waals surface area contributed by atoms with E-state index in [4.69, 9.17) is 0 Å². The highest BCUT2D eigenvalue weighted by atomic mass is 15.0. The third-order valence-electron chi connectivity index (χ3n) is 5.54. The van der Waals surface area contributed by atoms with Gasteiger partial charge in [0, 0.05) is 12.1 Å². The van der Waals surface area contributed by atoms with Gasteiger partial charge in [-0.25, -0.2) is 0 Å². The van der Waals surface area contributed by atoms with Crippen LogP contribution in [0.15, 0.2) is 24.3 Å². The van der Waals surface area contributed by atoms with Crippen LogP contribution in [0, 0.1) is 10.8 Å². The zero-order valence-corrected chi connectivity index (χ0v) is 13.5. The largest absolute Gasteiger partial charge is 0.307 e. The molecule has 0 radical (unpaired) electrons. The predicted octanol–water partition coefficient (Wildman–Crippen LogP) is 4.87. The van der Waals surface area contributed by atoms with Crippen LogP contribution in [0.25, 0.3) is 0 Å². The van der Waals surface area contributed by atoms with Gasteiger partial charge in [0.25, 0.3) is 0 Å².